The fourth-order valence-corrected chi connectivity index (χ4v) is 7.15. The molecular formula is C24H32ClN3O2. The highest BCUT2D eigenvalue weighted by Gasteiger charge is 2.50. The average molecular weight is 430 g/mol. The summed E-state index contributed by atoms with van der Waals surface area (Å²) < 4.78 is 0. The summed E-state index contributed by atoms with van der Waals surface area (Å²) in [6.07, 6.45) is 9.81. The monoisotopic (exact) mass is 429 g/mol. The highest BCUT2D eigenvalue weighted by Crippen LogP contribution is 2.59. The topological polar surface area (TPSA) is 70.2 Å². The number of rotatable bonds is 5. The number of carbonyl (C=O) groups excluding carboxylic acids is 2. The van der Waals surface area contributed by atoms with E-state index in [0.717, 1.165) is 50.2 Å². The van der Waals surface area contributed by atoms with Crippen LogP contribution in [-0.4, -0.2) is 37.5 Å². The number of amides is 2. The van der Waals surface area contributed by atoms with Crippen molar-refractivity contribution in [3.05, 3.63) is 34.3 Å². The van der Waals surface area contributed by atoms with Gasteiger partial charge in [0, 0.05) is 18.2 Å². The second kappa shape index (κ2) is 8.16. The standard InChI is InChI=1S/C24H32ClN3O2/c25-21-2-1-18(22(29)28-19-3-5-26-6-4-19)10-20(21)23(30)27-14-24-11-15-7-16(12-24)9-17(8-15)13-24/h1-2,10,15-17,19,26H,3-9,11-14H2,(H,27,30)(H,28,29). The molecule has 0 aromatic heterocycles. The van der Waals surface area contributed by atoms with Crippen LogP contribution in [0.4, 0.5) is 0 Å². The van der Waals surface area contributed by atoms with Crippen molar-refractivity contribution in [1.29, 1.82) is 0 Å². The second-order valence-electron chi connectivity index (χ2n) is 10.3. The van der Waals surface area contributed by atoms with Gasteiger partial charge in [0.2, 0.25) is 0 Å². The second-order valence-corrected chi connectivity index (χ2v) is 10.7. The Labute approximate surface area is 183 Å². The lowest BCUT2D eigenvalue weighted by Gasteiger charge is -2.56. The summed E-state index contributed by atoms with van der Waals surface area (Å²) in [6, 6.07) is 5.20. The largest absolute Gasteiger partial charge is 0.351 e. The van der Waals surface area contributed by atoms with Gasteiger partial charge in [0.1, 0.15) is 0 Å². The van der Waals surface area contributed by atoms with Crippen LogP contribution in [0.15, 0.2) is 18.2 Å². The lowest BCUT2D eigenvalue weighted by molar-refractivity contribution is -0.0503. The molecule has 30 heavy (non-hydrogen) atoms. The van der Waals surface area contributed by atoms with Crippen LogP contribution in [-0.2, 0) is 0 Å². The van der Waals surface area contributed by atoms with Gasteiger partial charge in [0.15, 0.2) is 0 Å². The highest BCUT2D eigenvalue weighted by molar-refractivity contribution is 6.34. The van der Waals surface area contributed by atoms with E-state index < -0.39 is 0 Å². The molecule has 6 rings (SSSR count). The Bertz CT molecular complexity index is 798. The van der Waals surface area contributed by atoms with Gasteiger partial charge in [0.05, 0.1) is 10.6 Å². The minimum Gasteiger partial charge on any atom is -0.351 e. The van der Waals surface area contributed by atoms with E-state index in [0.29, 0.717) is 16.1 Å². The number of hydrogen-bond donors (Lipinski definition) is 3. The Morgan fingerprint density at radius 1 is 1.00 bits per heavy atom. The molecule has 4 aliphatic carbocycles. The molecule has 0 atom stereocenters. The Morgan fingerprint density at radius 2 is 1.63 bits per heavy atom. The van der Waals surface area contributed by atoms with Crippen LogP contribution in [0.3, 0.4) is 0 Å². The minimum absolute atomic E-state index is 0.131. The Morgan fingerprint density at radius 3 is 2.27 bits per heavy atom. The molecule has 4 saturated carbocycles. The smallest absolute Gasteiger partial charge is 0.252 e. The summed E-state index contributed by atoms with van der Waals surface area (Å²) >= 11 is 6.34. The van der Waals surface area contributed by atoms with Gasteiger partial charge < -0.3 is 16.0 Å². The van der Waals surface area contributed by atoms with Crippen LogP contribution in [0.2, 0.25) is 5.02 Å². The molecule has 1 saturated heterocycles. The van der Waals surface area contributed by atoms with Crippen LogP contribution < -0.4 is 16.0 Å². The van der Waals surface area contributed by atoms with Crippen LogP contribution in [0.5, 0.6) is 0 Å². The predicted molar refractivity (Wildman–Crippen MR) is 118 cm³/mol. The van der Waals surface area contributed by atoms with Gasteiger partial charge in [0.25, 0.3) is 11.8 Å². The van der Waals surface area contributed by atoms with E-state index >= 15 is 0 Å². The van der Waals surface area contributed by atoms with Crippen LogP contribution in [0.1, 0.15) is 72.1 Å². The number of piperidine rings is 1. The molecular weight excluding hydrogens is 398 g/mol. The van der Waals surface area contributed by atoms with Gasteiger partial charge in [-0.15, -0.1) is 0 Å². The van der Waals surface area contributed by atoms with Crippen molar-refractivity contribution in [2.75, 3.05) is 19.6 Å². The molecule has 1 heterocycles. The van der Waals surface area contributed by atoms with Crippen molar-refractivity contribution in [3.63, 3.8) is 0 Å². The quantitative estimate of drug-likeness (QED) is 0.667. The number of carbonyl (C=O) groups is 2. The first-order valence-electron chi connectivity index (χ1n) is 11.6. The normalized spacial score (nSPS) is 32.8. The van der Waals surface area contributed by atoms with Crippen LogP contribution in [0.25, 0.3) is 0 Å². The lowest BCUT2D eigenvalue weighted by Crippen LogP contribution is -2.51. The fraction of sp³-hybridized carbons (Fsp3) is 0.667. The maximum absolute atomic E-state index is 13.0. The zero-order chi connectivity index (χ0) is 20.7. The molecule has 1 aliphatic heterocycles. The average Bonchev–Trinajstić information content (AvgIpc) is 2.72. The maximum atomic E-state index is 13.0. The predicted octanol–water partition coefficient (Wildman–Crippen LogP) is 3.77. The molecule has 5 fully saturated rings. The van der Waals surface area contributed by atoms with Gasteiger partial charge >= 0.3 is 0 Å². The van der Waals surface area contributed by atoms with E-state index in [1.165, 1.54) is 38.5 Å². The van der Waals surface area contributed by atoms with Gasteiger partial charge in [-0.2, -0.15) is 0 Å². The first-order valence-corrected chi connectivity index (χ1v) is 12.0. The first-order chi connectivity index (χ1) is 14.5. The van der Waals surface area contributed by atoms with Crippen molar-refractivity contribution in [2.45, 2.75) is 57.4 Å². The molecule has 1 aromatic rings. The van der Waals surface area contributed by atoms with Crippen molar-refractivity contribution in [2.24, 2.45) is 23.2 Å². The van der Waals surface area contributed by atoms with E-state index in [1.807, 2.05) is 0 Å². The molecule has 5 aliphatic rings. The summed E-state index contributed by atoms with van der Waals surface area (Å²) in [5, 5.41) is 9.97. The van der Waals surface area contributed by atoms with Crippen molar-refractivity contribution in [1.82, 2.24) is 16.0 Å². The van der Waals surface area contributed by atoms with Gasteiger partial charge in [-0.25, -0.2) is 0 Å². The molecule has 1 aromatic carbocycles. The summed E-state index contributed by atoms with van der Waals surface area (Å²) in [5.74, 6) is 2.29. The maximum Gasteiger partial charge on any atom is 0.252 e. The van der Waals surface area contributed by atoms with Gasteiger partial charge in [-0.05, 0) is 106 Å². The molecule has 2 amide bonds. The van der Waals surface area contributed by atoms with E-state index in [-0.39, 0.29) is 23.3 Å². The summed E-state index contributed by atoms with van der Waals surface area (Å²) in [7, 11) is 0. The Kier molecular flexibility index (Phi) is 5.53. The Balaban J connectivity index is 1.24. The summed E-state index contributed by atoms with van der Waals surface area (Å²) in [5.41, 5.74) is 1.18. The highest BCUT2D eigenvalue weighted by atomic mass is 35.5. The number of benzene rings is 1. The number of hydrogen-bond acceptors (Lipinski definition) is 3. The zero-order valence-electron chi connectivity index (χ0n) is 17.5. The zero-order valence-corrected chi connectivity index (χ0v) is 18.3. The third kappa shape index (κ3) is 4.11. The van der Waals surface area contributed by atoms with E-state index in [4.69, 9.17) is 11.6 Å². The van der Waals surface area contributed by atoms with Gasteiger partial charge in [-0.3, -0.25) is 9.59 Å². The molecule has 0 unspecified atom stereocenters. The minimum atomic E-state index is -0.160. The molecule has 6 heteroatoms. The Hall–Kier alpha value is -1.59. The van der Waals surface area contributed by atoms with Crippen LogP contribution in [0, 0.1) is 23.2 Å². The summed E-state index contributed by atoms with van der Waals surface area (Å²) in [4.78, 5) is 25.7. The lowest BCUT2D eigenvalue weighted by atomic mass is 9.49. The SMILES string of the molecule is O=C(NC1CCNCC1)c1ccc(Cl)c(C(=O)NCC23CC4CC(CC(C4)C2)C3)c1. The van der Waals surface area contributed by atoms with Crippen LogP contribution >= 0.6 is 11.6 Å². The van der Waals surface area contributed by atoms with Crippen molar-refractivity contribution >= 4 is 23.4 Å². The molecule has 162 valence electrons. The molecule has 0 spiro atoms. The van der Waals surface area contributed by atoms with Crippen molar-refractivity contribution in [3.8, 4) is 0 Å². The third-order valence-electron chi connectivity index (χ3n) is 7.94. The van der Waals surface area contributed by atoms with E-state index in [9.17, 15) is 9.59 Å². The third-order valence-corrected chi connectivity index (χ3v) is 8.27. The molecule has 4 bridgehead atoms. The number of halogens is 1. The fourth-order valence-electron chi connectivity index (χ4n) is 6.95. The number of nitrogens with one attached hydrogen (secondary N) is 3. The first kappa shape index (κ1) is 20.3. The van der Waals surface area contributed by atoms with E-state index in [1.54, 1.807) is 18.2 Å². The van der Waals surface area contributed by atoms with Gasteiger partial charge in [-0.1, -0.05) is 11.6 Å². The van der Waals surface area contributed by atoms with E-state index in [2.05, 4.69) is 16.0 Å². The molecule has 5 nitrogen and oxygen atoms in total. The molecule has 0 radical (unpaired) electrons. The summed E-state index contributed by atoms with van der Waals surface area (Å²) in [6.45, 7) is 2.57. The van der Waals surface area contributed by atoms with Crippen molar-refractivity contribution < 1.29 is 9.59 Å². The molecule has 3 N–H and O–H groups in total.